The third-order valence-electron chi connectivity index (χ3n) is 4.34. The predicted octanol–water partition coefficient (Wildman–Crippen LogP) is 2.95. The Morgan fingerprint density at radius 2 is 0.960 bits per heavy atom. The molecule has 0 unspecified atom stereocenters. The van der Waals surface area contributed by atoms with Crippen molar-refractivity contribution < 1.29 is 30.7 Å². The van der Waals surface area contributed by atoms with Gasteiger partial charge >= 0.3 is 163 Å². The molecule has 0 radical (unpaired) electrons. The molecule has 2 aromatic carbocycles. The number of halogens is 1. The van der Waals surface area contributed by atoms with E-state index in [-0.39, 0.29) is 32.4 Å². The van der Waals surface area contributed by atoms with E-state index in [4.69, 9.17) is 9.47 Å². The summed E-state index contributed by atoms with van der Waals surface area (Å²) in [5.41, 5.74) is -0.225. The van der Waals surface area contributed by atoms with Crippen molar-refractivity contribution in [1.29, 1.82) is 0 Å². The van der Waals surface area contributed by atoms with Crippen LogP contribution >= 0.6 is 0 Å². The van der Waals surface area contributed by atoms with Gasteiger partial charge in [-0.15, -0.1) is 0 Å². The number of ether oxygens (including phenoxy) is 2. The summed E-state index contributed by atoms with van der Waals surface area (Å²) in [5, 5.41) is 0. The van der Waals surface area contributed by atoms with E-state index in [2.05, 4.69) is 90.1 Å². The van der Waals surface area contributed by atoms with Gasteiger partial charge in [0.1, 0.15) is 0 Å². The maximum atomic E-state index is 6.02. The molecule has 2 rings (SSSR count). The van der Waals surface area contributed by atoms with Crippen LogP contribution in [0.1, 0.15) is 54.4 Å². The Hall–Kier alpha value is -1.23. The van der Waals surface area contributed by atoms with Gasteiger partial charge in [0.2, 0.25) is 0 Å². The zero-order valence-electron chi connectivity index (χ0n) is 16.2. The molecule has 0 saturated carbocycles. The molecule has 0 heterocycles. The predicted molar refractivity (Wildman–Crippen MR) is 100 cm³/mol. The van der Waals surface area contributed by atoms with Crippen molar-refractivity contribution in [3.8, 4) is 11.5 Å². The number of benzene rings is 2. The van der Waals surface area contributed by atoms with E-state index in [9.17, 15) is 0 Å². The summed E-state index contributed by atoms with van der Waals surface area (Å²) in [7, 11) is 0. The fourth-order valence-electron chi connectivity index (χ4n) is 2.04. The molecule has 0 aromatic heterocycles. The molecule has 0 amide bonds. The van der Waals surface area contributed by atoms with E-state index in [1.807, 2.05) is 0 Å². The van der Waals surface area contributed by atoms with Crippen LogP contribution in [0.5, 0.6) is 11.5 Å². The van der Waals surface area contributed by atoms with Crippen LogP contribution in [-0.4, -0.2) is 11.2 Å². The van der Waals surface area contributed by atoms with Crippen LogP contribution in [0.25, 0.3) is 0 Å². The van der Waals surface area contributed by atoms with E-state index < -0.39 is 0 Å². The SMILES string of the molecule is CCC(C)(C)Oc1ccc([I-]c2ccc(OC(C)(C)CC)cc2)cc1. The average Bonchev–Trinajstić information content (AvgIpc) is 2.58. The van der Waals surface area contributed by atoms with Crippen molar-refractivity contribution in [3.05, 3.63) is 55.7 Å². The Bertz CT molecular complexity index is 598. The van der Waals surface area contributed by atoms with Crippen molar-refractivity contribution in [2.45, 2.75) is 65.6 Å². The van der Waals surface area contributed by atoms with Crippen LogP contribution in [0.2, 0.25) is 0 Å². The summed E-state index contributed by atoms with van der Waals surface area (Å²) >= 11 is -0.184. The van der Waals surface area contributed by atoms with Crippen molar-refractivity contribution in [3.63, 3.8) is 0 Å². The van der Waals surface area contributed by atoms with Crippen molar-refractivity contribution in [2.75, 3.05) is 0 Å². The molecule has 0 aliphatic heterocycles. The fraction of sp³-hybridized carbons (Fsp3) is 0.455. The minimum atomic E-state index is -0.184. The topological polar surface area (TPSA) is 18.5 Å². The molecule has 2 nitrogen and oxygen atoms in total. The van der Waals surface area contributed by atoms with Gasteiger partial charge in [0.05, 0.1) is 0 Å². The van der Waals surface area contributed by atoms with Crippen LogP contribution in [0, 0.1) is 7.14 Å². The Labute approximate surface area is 163 Å². The first kappa shape index (κ1) is 20.1. The molecule has 0 fully saturated rings. The standard InChI is InChI=1S/C22H30IO2/c1-7-21(3,4)24-19-13-9-17(10-14-19)23-18-11-15-20(16-12-18)25-22(5,6)8-2/h9-16H,7-8H2,1-6H3/q-1. The van der Waals surface area contributed by atoms with Crippen molar-refractivity contribution in [1.82, 2.24) is 0 Å². The first-order chi connectivity index (χ1) is 11.7. The molecule has 2 aromatic rings. The van der Waals surface area contributed by atoms with E-state index in [0.29, 0.717) is 0 Å². The second-order valence-corrected chi connectivity index (χ2v) is 10.5. The van der Waals surface area contributed by atoms with Crippen LogP contribution in [0.15, 0.2) is 48.5 Å². The van der Waals surface area contributed by atoms with Gasteiger partial charge in [-0.25, -0.2) is 0 Å². The van der Waals surface area contributed by atoms with E-state index in [0.717, 1.165) is 24.3 Å². The minimum absolute atomic E-state index is 0.112. The second-order valence-electron chi connectivity index (χ2n) is 7.43. The molecule has 25 heavy (non-hydrogen) atoms. The normalized spacial score (nSPS) is 12.2. The van der Waals surface area contributed by atoms with Gasteiger partial charge in [-0.05, 0) is 0 Å². The molecule has 0 spiro atoms. The third-order valence-corrected chi connectivity index (χ3v) is 7.02. The first-order valence-electron chi connectivity index (χ1n) is 8.96. The molecule has 0 saturated heterocycles. The van der Waals surface area contributed by atoms with Crippen LogP contribution in [-0.2, 0) is 0 Å². The van der Waals surface area contributed by atoms with E-state index in [1.165, 1.54) is 7.14 Å². The molecule has 0 atom stereocenters. The van der Waals surface area contributed by atoms with Gasteiger partial charge in [-0.1, -0.05) is 0 Å². The summed E-state index contributed by atoms with van der Waals surface area (Å²) in [6, 6.07) is 17.1. The van der Waals surface area contributed by atoms with Crippen molar-refractivity contribution in [2.24, 2.45) is 0 Å². The zero-order chi connectivity index (χ0) is 18.5. The molecule has 0 bridgehead atoms. The molecule has 138 valence electrons. The molecule has 0 aliphatic carbocycles. The quantitative estimate of drug-likeness (QED) is 0.573. The van der Waals surface area contributed by atoms with Gasteiger partial charge in [0.15, 0.2) is 0 Å². The Morgan fingerprint density at radius 3 is 1.24 bits per heavy atom. The number of rotatable bonds is 8. The average molecular weight is 453 g/mol. The maximum absolute atomic E-state index is 6.02. The number of hydrogen-bond acceptors (Lipinski definition) is 2. The molecule has 0 aliphatic rings. The molecular formula is C22H30IO2-. The Balaban J connectivity index is 1.98. The molecule has 3 heteroatoms. The van der Waals surface area contributed by atoms with Gasteiger partial charge in [0, 0.05) is 0 Å². The second kappa shape index (κ2) is 8.43. The summed E-state index contributed by atoms with van der Waals surface area (Å²) in [5.74, 6) is 1.90. The van der Waals surface area contributed by atoms with Crippen LogP contribution in [0.4, 0.5) is 0 Å². The van der Waals surface area contributed by atoms with Crippen LogP contribution in [0.3, 0.4) is 0 Å². The fourth-order valence-corrected chi connectivity index (χ4v) is 4.20. The van der Waals surface area contributed by atoms with E-state index >= 15 is 0 Å². The Kier molecular flexibility index (Phi) is 6.78. The van der Waals surface area contributed by atoms with Gasteiger partial charge in [-0.2, -0.15) is 0 Å². The molecule has 0 N–H and O–H groups in total. The third kappa shape index (κ3) is 6.53. The van der Waals surface area contributed by atoms with Gasteiger partial charge < -0.3 is 0 Å². The van der Waals surface area contributed by atoms with Gasteiger partial charge in [-0.3, -0.25) is 0 Å². The summed E-state index contributed by atoms with van der Waals surface area (Å²) in [6.45, 7) is 12.8. The van der Waals surface area contributed by atoms with Crippen molar-refractivity contribution >= 4 is 0 Å². The van der Waals surface area contributed by atoms with Gasteiger partial charge in [0.25, 0.3) is 0 Å². The van der Waals surface area contributed by atoms with E-state index in [1.54, 1.807) is 0 Å². The zero-order valence-corrected chi connectivity index (χ0v) is 18.4. The number of hydrogen-bond donors (Lipinski definition) is 0. The molecular weight excluding hydrogens is 423 g/mol. The summed E-state index contributed by atoms with van der Waals surface area (Å²) in [4.78, 5) is 0. The Morgan fingerprint density at radius 1 is 0.640 bits per heavy atom. The monoisotopic (exact) mass is 453 g/mol. The summed E-state index contributed by atoms with van der Waals surface area (Å²) < 4.78 is 14.8. The summed E-state index contributed by atoms with van der Waals surface area (Å²) in [6.07, 6.45) is 1.98. The van der Waals surface area contributed by atoms with Crippen LogP contribution < -0.4 is 30.7 Å². The first-order valence-corrected chi connectivity index (χ1v) is 11.1.